The lowest BCUT2D eigenvalue weighted by Gasteiger charge is -2.13. The van der Waals surface area contributed by atoms with Crippen LogP contribution >= 0.6 is 11.3 Å². The standard InChI is InChI=1S/C11H14N4S/c1-11(4-5-11)15-8-7-3-6-16-9(7)14-10(12-2)13-8/h3,6H,4-5H2,1-2H3,(H2,12,13,14,15). The predicted octanol–water partition coefficient (Wildman–Crippen LogP) is 2.70. The number of thiophene rings is 1. The third-order valence-electron chi connectivity index (χ3n) is 2.97. The van der Waals surface area contributed by atoms with Crippen LogP contribution in [-0.4, -0.2) is 22.6 Å². The number of nitrogens with one attached hydrogen (secondary N) is 2. The molecule has 0 aromatic carbocycles. The summed E-state index contributed by atoms with van der Waals surface area (Å²) in [6.45, 7) is 2.23. The Morgan fingerprint density at radius 3 is 2.88 bits per heavy atom. The summed E-state index contributed by atoms with van der Waals surface area (Å²) >= 11 is 1.65. The van der Waals surface area contributed by atoms with E-state index in [1.165, 1.54) is 12.8 Å². The normalized spacial score (nSPS) is 17.4. The predicted molar refractivity (Wildman–Crippen MR) is 68.2 cm³/mol. The summed E-state index contributed by atoms with van der Waals surface area (Å²) in [5.74, 6) is 1.64. The summed E-state index contributed by atoms with van der Waals surface area (Å²) in [4.78, 5) is 9.94. The van der Waals surface area contributed by atoms with Gasteiger partial charge < -0.3 is 10.6 Å². The Labute approximate surface area is 98.1 Å². The molecule has 0 atom stereocenters. The first-order valence-electron chi connectivity index (χ1n) is 5.41. The number of nitrogens with zero attached hydrogens (tertiary/aromatic N) is 2. The second kappa shape index (κ2) is 3.31. The van der Waals surface area contributed by atoms with Crippen molar-refractivity contribution in [1.29, 1.82) is 0 Å². The highest BCUT2D eigenvalue weighted by atomic mass is 32.1. The molecule has 0 amide bonds. The first-order chi connectivity index (χ1) is 7.70. The Kier molecular flexibility index (Phi) is 2.04. The lowest BCUT2D eigenvalue weighted by Crippen LogP contribution is -2.17. The minimum absolute atomic E-state index is 0.244. The van der Waals surface area contributed by atoms with E-state index < -0.39 is 0 Å². The smallest absolute Gasteiger partial charge is 0.225 e. The van der Waals surface area contributed by atoms with Crippen molar-refractivity contribution in [2.75, 3.05) is 17.7 Å². The number of hydrogen-bond acceptors (Lipinski definition) is 5. The molecule has 1 aliphatic carbocycles. The van der Waals surface area contributed by atoms with Gasteiger partial charge in [0.15, 0.2) is 0 Å². The lowest BCUT2D eigenvalue weighted by molar-refractivity contribution is 0.823. The number of aromatic nitrogens is 2. The molecule has 0 aliphatic heterocycles. The van der Waals surface area contributed by atoms with Gasteiger partial charge in [-0.3, -0.25) is 0 Å². The molecule has 2 aromatic heterocycles. The van der Waals surface area contributed by atoms with Gasteiger partial charge in [-0.2, -0.15) is 4.98 Å². The minimum atomic E-state index is 0.244. The number of hydrogen-bond donors (Lipinski definition) is 2. The SMILES string of the molecule is CNc1nc(NC2(C)CC2)c2ccsc2n1. The van der Waals surface area contributed by atoms with Crippen molar-refractivity contribution < 1.29 is 0 Å². The maximum Gasteiger partial charge on any atom is 0.225 e. The molecule has 84 valence electrons. The van der Waals surface area contributed by atoms with Crippen LogP contribution in [0.1, 0.15) is 19.8 Å². The maximum atomic E-state index is 4.49. The van der Waals surface area contributed by atoms with Crippen LogP contribution in [0, 0.1) is 0 Å². The van der Waals surface area contributed by atoms with E-state index in [2.05, 4.69) is 39.0 Å². The Morgan fingerprint density at radius 2 is 2.19 bits per heavy atom. The van der Waals surface area contributed by atoms with E-state index in [1.807, 2.05) is 7.05 Å². The molecule has 0 saturated heterocycles. The van der Waals surface area contributed by atoms with Crippen LogP contribution in [0.2, 0.25) is 0 Å². The Hall–Kier alpha value is -1.36. The van der Waals surface area contributed by atoms with Crippen molar-refractivity contribution in [2.45, 2.75) is 25.3 Å². The summed E-state index contributed by atoms with van der Waals surface area (Å²) in [5, 5.41) is 9.69. The van der Waals surface area contributed by atoms with Crippen LogP contribution in [-0.2, 0) is 0 Å². The van der Waals surface area contributed by atoms with Gasteiger partial charge in [0.1, 0.15) is 10.6 Å². The third kappa shape index (κ3) is 1.61. The Morgan fingerprint density at radius 1 is 1.38 bits per heavy atom. The van der Waals surface area contributed by atoms with E-state index >= 15 is 0 Å². The van der Waals surface area contributed by atoms with Gasteiger partial charge in [0.05, 0.1) is 5.39 Å². The monoisotopic (exact) mass is 234 g/mol. The number of anilines is 2. The number of fused-ring (bicyclic) bond motifs is 1. The van der Waals surface area contributed by atoms with Gasteiger partial charge in [-0.05, 0) is 31.2 Å². The van der Waals surface area contributed by atoms with E-state index in [-0.39, 0.29) is 5.54 Å². The van der Waals surface area contributed by atoms with Crippen LogP contribution < -0.4 is 10.6 Å². The van der Waals surface area contributed by atoms with Gasteiger partial charge in [-0.1, -0.05) is 0 Å². The molecule has 2 aromatic rings. The van der Waals surface area contributed by atoms with Crippen molar-refractivity contribution in [3.05, 3.63) is 11.4 Å². The van der Waals surface area contributed by atoms with Crippen molar-refractivity contribution in [3.63, 3.8) is 0 Å². The topological polar surface area (TPSA) is 49.8 Å². The summed E-state index contributed by atoms with van der Waals surface area (Å²) in [5.41, 5.74) is 0.244. The molecule has 0 unspecified atom stereocenters. The highest BCUT2D eigenvalue weighted by molar-refractivity contribution is 7.16. The van der Waals surface area contributed by atoms with Crippen LogP contribution in [0.25, 0.3) is 10.2 Å². The molecular weight excluding hydrogens is 220 g/mol. The first-order valence-corrected chi connectivity index (χ1v) is 6.29. The molecule has 2 N–H and O–H groups in total. The first kappa shape index (κ1) is 9.84. The van der Waals surface area contributed by atoms with Crippen molar-refractivity contribution in [3.8, 4) is 0 Å². The molecule has 1 saturated carbocycles. The van der Waals surface area contributed by atoms with E-state index in [9.17, 15) is 0 Å². The largest absolute Gasteiger partial charge is 0.364 e. The lowest BCUT2D eigenvalue weighted by atomic mass is 10.3. The zero-order chi connectivity index (χ0) is 11.2. The average Bonchev–Trinajstić information content (AvgIpc) is 2.81. The van der Waals surface area contributed by atoms with Crippen LogP contribution in [0.15, 0.2) is 11.4 Å². The van der Waals surface area contributed by atoms with Crippen LogP contribution in [0.5, 0.6) is 0 Å². The van der Waals surface area contributed by atoms with Crippen molar-refractivity contribution >= 4 is 33.3 Å². The van der Waals surface area contributed by atoms with Gasteiger partial charge in [0.2, 0.25) is 5.95 Å². The third-order valence-corrected chi connectivity index (χ3v) is 3.78. The molecule has 5 heteroatoms. The second-order valence-electron chi connectivity index (χ2n) is 4.47. The molecule has 3 rings (SSSR count). The Balaban J connectivity index is 2.09. The van der Waals surface area contributed by atoms with Crippen molar-refractivity contribution in [1.82, 2.24) is 9.97 Å². The van der Waals surface area contributed by atoms with E-state index in [4.69, 9.17) is 0 Å². The fraction of sp³-hybridized carbons (Fsp3) is 0.455. The molecular formula is C11H14N4S. The molecule has 0 radical (unpaired) electrons. The fourth-order valence-electron chi connectivity index (χ4n) is 1.66. The molecule has 16 heavy (non-hydrogen) atoms. The molecule has 4 nitrogen and oxygen atoms in total. The Bertz CT molecular complexity index is 530. The minimum Gasteiger partial charge on any atom is -0.364 e. The van der Waals surface area contributed by atoms with Crippen LogP contribution in [0.3, 0.4) is 0 Å². The molecule has 0 bridgehead atoms. The molecule has 1 fully saturated rings. The van der Waals surface area contributed by atoms with Gasteiger partial charge in [-0.15, -0.1) is 11.3 Å². The summed E-state index contributed by atoms with van der Waals surface area (Å²) < 4.78 is 0. The highest BCUT2D eigenvalue weighted by Gasteiger charge is 2.37. The van der Waals surface area contributed by atoms with Gasteiger partial charge in [0.25, 0.3) is 0 Å². The fourth-order valence-corrected chi connectivity index (χ4v) is 2.42. The van der Waals surface area contributed by atoms with E-state index in [0.717, 1.165) is 16.0 Å². The summed E-state index contributed by atoms with van der Waals surface area (Å²) in [6, 6.07) is 2.08. The van der Waals surface area contributed by atoms with Crippen molar-refractivity contribution in [2.24, 2.45) is 0 Å². The van der Waals surface area contributed by atoms with E-state index in [1.54, 1.807) is 11.3 Å². The molecule has 2 heterocycles. The van der Waals surface area contributed by atoms with Crippen LogP contribution in [0.4, 0.5) is 11.8 Å². The summed E-state index contributed by atoms with van der Waals surface area (Å²) in [6.07, 6.45) is 2.44. The maximum absolute atomic E-state index is 4.49. The molecule has 0 spiro atoms. The summed E-state index contributed by atoms with van der Waals surface area (Å²) in [7, 11) is 1.84. The second-order valence-corrected chi connectivity index (χ2v) is 5.37. The van der Waals surface area contributed by atoms with Gasteiger partial charge in [0, 0.05) is 12.6 Å². The number of rotatable bonds is 3. The van der Waals surface area contributed by atoms with Gasteiger partial charge >= 0.3 is 0 Å². The zero-order valence-electron chi connectivity index (χ0n) is 9.37. The van der Waals surface area contributed by atoms with Gasteiger partial charge in [-0.25, -0.2) is 4.98 Å². The van der Waals surface area contributed by atoms with E-state index in [0.29, 0.717) is 5.95 Å². The molecule has 1 aliphatic rings. The zero-order valence-corrected chi connectivity index (χ0v) is 10.2. The quantitative estimate of drug-likeness (QED) is 0.857. The average molecular weight is 234 g/mol. The highest BCUT2D eigenvalue weighted by Crippen LogP contribution is 2.39.